The van der Waals surface area contributed by atoms with Crippen molar-refractivity contribution < 1.29 is 0 Å². The van der Waals surface area contributed by atoms with Crippen LogP contribution in [-0.4, -0.2) is 0 Å². The quantitative estimate of drug-likeness (QED) is 0.294. The van der Waals surface area contributed by atoms with Gasteiger partial charge in [0.25, 0.3) is 0 Å². The van der Waals surface area contributed by atoms with Gasteiger partial charge in [-0.2, -0.15) is 10.5 Å². The zero-order valence-corrected chi connectivity index (χ0v) is 18.4. The summed E-state index contributed by atoms with van der Waals surface area (Å²) >= 11 is 12.1. The average Bonchev–Trinajstić information content (AvgIpc) is 2.81. The third-order valence-electron chi connectivity index (χ3n) is 5.07. The standard InChI is InChI=1S/C28H16Cl2N2/c29-27-11-9-25(17-31)23(15-27)7-3-19-1-5-21-14-20(2-6-22(21)13-19)4-8-24-16-28(30)12-10-26(24)18-32/h1-16H. The maximum absolute atomic E-state index is 9.28. The molecule has 4 heteroatoms. The normalized spacial score (nSPS) is 11.1. The van der Waals surface area contributed by atoms with E-state index in [0.717, 1.165) is 33.0 Å². The van der Waals surface area contributed by atoms with Crippen LogP contribution < -0.4 is 0 Å². The number of fused-ring (bicyclic) bond motifs is 1. The first kappa shape index (κ1) is 21.4. The lowest BCUT2D eigenvalue weighted by molar-refractivity contribution is 1.47. The van der Waals surface area contributed by atoms with E-state index in [-0.39, 0.29) is 0 Å². The highest BCUT2D eigenvalue weighted by Crippen LogP contribution is 2.23. The molecule has 0 heterocycles. The Morgan fingerprint density at radius 3 is 1.38 bits per heavy atom. The van der Waals surface area contributed by atoms with Crippen LogP contribution >= 0.6 is 23.2 Å². The SMILES string of the molecule is N#Cc1ccc(Cl)cc1C=Cc1ccc2cc(C=Cc3cc(Cl)ccc3C#N)ccc2c1. The van der Waals surface area contributed by atoms with Crippen molar-refractivity contribution in [1.29, 1.82) is 10.5 Å². The molecule has 0 bridgehead atoms. The van der Waals surface area contributed by atoms with E-state index >= 15 is 0 Å². The third-order valence-corrected chi connectivity index (χ3v) is 5.54. The molecule has 0 fully saturated rings. The Kier molecular flexibility index (Phi) is 6.39. The summed E-state index contributed by atoms with van der Waals surface area (Å²) in [4.78, 5) is 0. The van der Waals surface area contributed by atoms with Crippen molar-refractivity contribution >= 4 is 58.3 Å². The molecule has 4 aromatic carbocycles. The number of halogens is 2. The van der Waals surface area contributed by atoms with Crippen molar-refractivity contribution in [1.82, 2.24) is 0 Å². The highest BCUT2D eigenvalue weighted by molar-refractivity contribution is 6.31. The third kappa shape index (κ3) is 4.90. The summed E-state index contributed by atoms with van der Waals surface area (Å²) < 4.78 is 0. The molecule has 32 heavy (non-hydrogen) atoms. The van der Waals surface area contributed by atoms with Crippen LogP contribution in [0.25, 0.3) is 35.1 Å². The second-order valence-electron chi connectivity index (χ2n) is 7.22. The zero-order valence-electron chi connectivity index (χ0n) is 16.9. The number of hydrogen-bond donors (Lipinski definition) is 0. The minimum absolute atomic E-state index is 0.585. The number of benzene rings is 4. The van der Waals surface area contributed by atoms with Gasteiger partial charge in [0, 0.05) is 10.0 Å². The van der Waals surface area contributed by atoms with E-state index < -0.39 is 0 Å². The summed E-state index contributed by atoms with van der Waals surface area (Å²) in [6.45, 7) is 0. The molecule has 0 atom stereocenters. The Balaban J connectivity index is 1.60. The van der Waals surface area contributed by atoms with Crippen LogP contribution in [0.15, 0.2) is 72.8 Å². The Morgan fingerprint density at radius 2 is 0.969 bits per heavy atom. The maximum atomic E-state index is 9.28. The zero-order chi connectivity index (χ0) is 22.5. The fraction of sp³-hybridized carbons (Fsp3) is 0. The van der Waals surface area contributed by atoms with Crippen LogP contribution in [0.3, 0.4) is 0 Å². The predicted molar refractivity (Wildman–Crippen MR) is 134 cm³/mol. The molecule has 0 amide bonds. The van der Waals surface area contributed by atoms with Crippen LogP contribution in [0.1, 0.15) is 33.4 Å². The van der Waals surface area contributed by atoms with Crippen molar-refractivity contribution in [2.24, 2.45) is 0 Å². The van der Waals surface area contributed by atoms with Crippen LogP contribution in [0, 0.1) is 22.7 Å². The molecule has 2 nitrogen and oxygen atoms in total. The van der Waals surface area contributed by atoms with Gasteiger partial charge in [-0.3, -0.25) is 0 Å². The van der Waals surface area contributed by atoms with Crippen molar-refractivity contribution in [3.8, 4) is 12.1 Å². The van der Waals surface area contributed by atoms with Crippen LogP contribution in [0.4, 0.5) is 0 Å². The first-order valence-corrected chi connectivity index (χ1v) is 10.6. The van der Waals surface area contributed by atoms with Crippen LogP contribution in [0.2, 0.25) is 10.0 Å². The second-order valence-corrected chi connectivity index (χ2v) is 8.09. The Morgan fingerprint density at radius 1 is 0.531 bits per heavy atom. The predicted octanol–water partition coefficient (Wildman–Crippen LogP) is 8.23. The van der Waals surface area contributed by atoms with Gasteiger partial charge in [0.2, 0.25) is 0 Å². The molecule has 0 aromatic heterocycles. The van der Waals surface area contributed by atoms with Crippen molar-refractivity contribution in [2.45, 2.75) is 0 Å². The highest BCUT2D eigenvalue weighted by Gasteiger charge is 2.02. The molecular weight excluding hydrogens is 435 g/mol. The summed E-state index contributed by atoms with van der Waals surface area (Å²) in [5.41, 5.74) is 4.81. The van der Waals surface area contributed by atoms with E-state index in [1.165, 1.54) is 0 Å². The molecule has 0 saturated heterocycles. The molecule has 4 aromatic rings. The molecule has 0 aliphatic carbocycles. The topological polar surface area (TPSA) is 47.6 Å². The first-order chi connectivity index (χ1) is 15.6. The largest absolute Gasteiger partial charge is 0.192 e. The van der Waals surface area contributed by atoms with Gasteiger partial charge in [-0.1, -0.05) is 71.8 Å². The number of nitrogens with zero attached hydrogens (tertiary/aromatic N) is 2. The average molecular weight is 451 g/mol. The Bertz CT molecular complexity index is 1350. The van der Waals surface area contributed by atoms with Gasteiger partial charge in [0.1, 0.15) is 0 Å². The second kappa shape index (κ2) is 9.54. The van der Waals surface area contributed by atoms with E-state index in [4.69, 9.17) is 23.2 Å². The Hall–Kier alpha value is -3.82. The summed E-state index contributed by atoms with van der Waals surface area (Å²) in [6, 6.07) is 27.2. The van der Waals surface area contributed by atoms with Gasteiger partial charge in [-0.05, 0) is 81.6 Å². The van der Waals surface area contributed by atoms with E-state index in [2.05, 4.69) is 36.4 Å². The van der Waals surface area contributed by atoms with E-state index in [1.807, 2.05) is 36.4 Å². The summed E-state index contributed by atoms with van der Waals surface area (Å²) in [6.07, 6.45) is 7.76. The van der Waals surface area contributed by atoms with Gasteiger partial charge >= 0.3 is 0 Å². The molecule has 0 saturated carbocycles. The molecule has 152 valence electrons. The van der Waals surface area contributed by atoms with Gasteiger partial charge < -0.3 is 0 Å². The smallest absolute Gasteiger partial charge is 0.0997 e. The van der Waals surface area contributed by atoms with Crippen molar-refractivity contribution in [3.05, 3.63) is 116 Å². The molecule has 0 spiro atoms. The van der Waals surface area contributed by atoms with Gasteiger partial charge in [-0.25, -0.2) is 0 Å². The minimum Gasteiger partial charge on any atom is -0.192 e. The number of nitriles is 2. The van der Waals surface area contributed by atoms with Crippen molar-refractivity contribution in [2.75, 3.05) is 0 Å². The molecule has 0 N–H and O–H groups in total. The molecule has 0 radical (unpaired) electrons. The number of hydrogen-bond acceptors (Lipinski definition) is 2. The molecule has 0 unspecified atom stereocenters. The fourth-order valence-corrected chi connectivity index (χ4v) is 3.77. The molecular formula is C28H16Cl2N2. The molecule has 4 rings (SSSR count). The molecule has 0 aliphatic rings. The highest BCUT2D eigenvalue weighted by atomic mass is 35.5. The lowest BCUT2D eigenvalue weighted by Crippen LogP contribution is -1.83. The lowest BCUT2D eigenvalue weighted by atomic mass is 10.0. The number of rotatable bonds is 4. The minimum atomic E-state index is 0.585. The maximum Gasteiger partial charge on any atom is 0.0997 e. The van der Waals surface area contributed by atoms with Gasteiger partial charge in [0.15, 0.2) is 0 Å². The first-order valence-electron chi connectivity index (χ1n) is 9.85. The summed E-state index contributed by atoms with van der Waals surface area (Å²) in [5.74, 6) is 0. The van der Waals surface area contributed by atoms with Gasteiger partial charge in [-0.15, -0.1) is 0 Å². The molecule has 0 aliphatic heterocycles. The van der Waals surface area contributed by atoms with Crippen LogP contribution in [-0.2, 0) is 0 Å². The van der Waals surface area contributed by atoms with E-state index in [9.17, 15) is 10.5 Å². The Labute approximate surface area is 196 Å². The monoisotopic (exact) mass is 450 g/mol. The van der Waals surface area contributed by atoms with E-state index in [0.29, 0.717) is 21.2 Å². The summed E-state index contributed by atoms with van der Waals surface area (Å²) in [7, 11) is 0. The van der Waals surface area contributed by atoms with Crippen molar-refractivity contribution in [3.63, 3.8) is 0 Å². The lowest BCUT2D eigenvalue weighted by Gasteiger charge is -2.03. The fourth-order valence-electron chi connectivity index (χ4n) is 3.41. The van der Waals surface area contributed by atoms with Crippen LogP contribution in [0.5, 0.6) is 0 Å². The van der Waals surface area contributed by atoms with Gasteiger partial charge in [0.05, 0.1) is 23.3 Å². The van der Waals surface area contributed by atoms with E-state index in [1.54, 1.807) is 36.4 Å². The summed E-state index contributed by atoms with van der Waals surface area (Å²) in [5, 5.41) is 22.0.